The van der Waals surface area contributed by atoms with E-state index in [9.17, 15) is 9.59 Å². The van der Waals surface area contributed by atoms with Crippen LogP contribution >= 0.6 is 0 Å². The molecule has 1 aliphatic rings. The number of amides is 1. The Morgan fingerprint density at radius 2 is 2.23 bits per heavy atom. The van der Waals surface area contributed by atoms with Crippen LogP contribution in [0.2, 0.25) is 0 Å². The molecule has 0 aromatic rings. The van der Waals surface area contributed by atoms with Crippen LogP contribution < -0.4 is 5.32 Å². The minimum atomic E-state index is -0.850. The van der Waals surface area contributed by atoms with Crippen molar-refractivity contribution >= 4 is 11.9 Å². The number of hydrogen-bond acceptors (Lipinski definition) is 2. The Balaban J connectivity index is 2.60. The first-order chi connectivity index (χ1) is 5.94. The summed E-state index contributed by atoms with van der Waals surface area (Å²) in [6, 6.07) is -0.140. The predicted molar refractivity (Wildman–Crippen MR) is 47.1 cm³/mol. The van der Waals surface area contributed by atoms with Crippen molar-refractivity contribution in [3.8, 4) is 0 Å². The summed E-state index contributed by atoms with van der Waals surface area (Å²) in [5.41, 5.74) is -0.826. The molecule has 0 bridgehead atoms. The molecule has 0 aromatic heterocycles. The molecule has 2 N–H and O–H groups in total. The lowest BCUT2D eigenvalue weighted by Gasteiger charge is -2.18. The fourth-order valence-corrected chi connectivity index (χ4v) is 1.44. The van der Waals surface area contributed by atoms with Gasteiger partial charge in [0, 0.05) is 13.0 Å². The van der Waals surface area contributed by atoms with Crippen molar-refractivity contribution in [1.29, 1.82) is 0 Å². The Bertz CT molecular complexity index is 272. The molecule has 1 rings (SSSR count). The molecule has 1 amide bonds. The molecule has 0 saturated carbocycles. The summed E-state index contributed by atoms with van der Waals surface area (Å²) in [6.07, 6.45) is 3.80. The number of carbonyl (C=O) groups excluding carboxylic acids is 1. The molecule has 72 valence electrons. The summed E-state index contributed by atoms with van der Waals surface area (Å²) in [5.74, 6) is -0.985. The summed E-state index contributed by atoms with van der Waals surface area (Å²) >= 11 is 0. The van der Waals surface area contributed by atoms with E-state index >= 15 is 0 Å². The fourth-order valence-electron chi connectivity index (χ4n) is 1.44. The molecule has 4 nitrogen and oxygen atoms in total. The molecule has 4 heteroatoms. The summed E-state index contributed by atoms with van der Waals surface area (Å²) in [7, 11) is 0. The third-order valence-electron chi connectivity index (χ3n) is 2.22. The van der Waals surface area contributed by atoms with Gasteiger partial charge in [-0.15, -0.1) is 0 Å². The van der Waals surface area contributed by atoms with Crippen molar-refractivity contribution < 1.29 is 14.7 Å². The van der Waals surface area contributed by atoms with Crippen LogP contribution in [0.3, 0.4) is 0 Å². The van der Waals surface area contributed by atoms with Gasteiger partial charge in [-0.2, -0.15) is 0 Å². The predicted octanol–water partition coefficient (Wildman–Crippen LogP) is 0.542. The van der Waals surface area contributed by atoms with Crippen LogP contribution in [-0.2, 0) is 9.59 Å². The van der Waals surface area contributed by atoms with Gasteiger partial charge in [-0.1, -0.05) is 12.2 Å². The maximum absolute atomic E-state index is 10.8. The van der Waals surface area contributed by atoms with Crippen LogP contribution in [-0.4, -0.2) is 23.0 Å². The van der Waals surface area contributed by atoms with Crippen LogP contribution in [0.4, 0.5) is 0 Å². The monoisotopic (exact) mass is 183 g/mol. The SMILES string of the molecule is CC(=O)NC1C=CC(C)(C(=O)O)C1. The van der Waals surface area contributed by atoms with Gasteiger partial charge in [0.2, 0.25) is 5.91 Å². The molecule has 1 aliphatic carbocycles. The number of aliphatic carboxylic acids is 1. The minimum Gasteiger partial charge on any atom is -0.481 e. The lowest BCUT2D eigenvalue weighted by molar-refractivity contribution is -0.145. The van der Waals surface area contributed by atoms with E-state index in [0.29, 0.717) is 6.42 Å². The Morgan fingerprint density at radius 3 is 2.62 bits per heavy atom. The quantitative estimate of drug-likeness (QED) is 0.614. The van der Waals surface area contributed by atoms with Crippen molar-refractivity contribution in [2.75, 3.05) is 0 Å². The second kappa shape index (κ2) is 3.20. The van der Waals surface area contributed by atoms with E-state index in [4.69, 9.17) is 5.11 Å². The molecule has 0 fully saturated rings. The third kappa shape index (κ3) is 2.08. The summed E-state index contributed by atoms with van der Waals surface area (Å²) in [5, 5.41) is 11.5. The topological polar surface area (TPSA) is 66.4 Å². The molecule has 2 unspecified atom stereocenters. The van der Waals surface area contributed by atoms with Crippen molar-refractivity contribution in [2.24, 2.45) is 5.41 Å². The van der Waals surface area contributed by atoms with Gasteiger partial charge in [-0.3, -0.25) is 9.59 Å². The van der Waals surface area contributed by atoms with Gasteiger partial charge in [0.25, 0.3) is 0 Å². The first-order valence-corrected chi connectivity index (χ1v) is 4.14. The van der Waals surface area contributed by atoms with Gasteiger partial charge in [-0.05, 0) is 13.3 Å². The van der Waals surface area contributed by atoms with Crippen molar-refractivity contribution in [3.05, 3.63) is 12.2 Å². The van der Waals surface area contributed by atoms with Crippen LogP contribution in [0, 0.1) is 5.41 Å². The van der Waals surface area contributed by atoms with Gasteiger partial charge >= 0.3 is 5.97 Å². The zero-order chi connectivity index (χ0) is 10.1. The molecule has 0 spiro atoms. The molecule has 0 aliphatic heterocycles. The average molecular weight is 183 g/mol. The number of carbonyl (C=O) groups is 2. The molecular weight excluding hydrogens is 170 g/mol. The average Bonchev–Trinajstić information content (AvgIpc) is 2.32. The molecule has 13 heavy (non-hydrogen) atoms. The molecular formula is C9H13NO3. The van der Waals surface area contributed by atoms with Gasteiger partial charge < -0.3 is 10.4 Å². The number of hydrogen-bond donors (Lipinski definition) is 2. The highest BCUT2D eigenvalue weighted by molar-refractivity contribution is 5.78. The van der Waals surface area contributed by atoms with Crippen LogP contribution in [0.15, 0.2) is 12.2 Å². The van der Waals surface area contributed by atoms with Gasteiger partial charge in [0.1, 0.15) is 0 Å². The second-order valence-electron chi connectivity index (χ2n) is 3.59. The maximum Gasteiger partial charge on any atom is 0.313 e. The normalized spacial score (nSPS) is 31.7. The van der Waals surface area contributed by atoms with Crippen LogP contribution in [0.25, 0.3) is 0 Å². The lowest BCUT2D eigenvalue weighted by atomic mass is 9.90. The molecule has 0 heterocycles. The lowest BCUT2D eigenvalue weighted by Crippen LogP contribution is -2.34. The highest BCUT2D eigenvalue weighted by Crippen LogP contribution is 2.31. The summed E-state index contributed by atoms with van der Waals surface area (Å²) in [6.45, 7) is 3.07. The van der Waals surface area contributed by atoms with Crippen molar-refractivity contribution in [2.45, 2.75) is 26.3 Å². The molecule has 2 atom stereocenters. The van der Waals surface area contributed by atoms with Crippen LogP contribution in [0.1, 0.15) is 20.3 Å². The van der Waals surface area contributed by atoms with E-state index in [1.54, 1.807) is 19.1 Å². The molecule has 0 radical (unpaired) electrons. The highest BCUT2D eigenvalue weighted by atomic mass is 16.4. The number of carboxylic acids is 1. The summed E-state index contributed by atoms with van der Waals surface area (Å²) in [4.78, 5) is 21.5. The van der Waals surface area contributed by atoms with E-state index < -0.39 is 11.4 Å². The summed E-state index contributed by atoms with van der Waals surface area (Å²) < 4.78 is 0. The van der Waals surface area contributed by atoms with Crippen molar-refractivity contribution in [3.63, 3.8) is 0 Å². The number of carboxylic acid groups (broad SMARTS) is 1. The number of nitrogens with one attached hydrogen (secondary N) is 1. The second-order valence-corrected chi connectivity index (χ2v) is 3.59. The smallest absolute Gasteiger partial charge is 0.313 e. The highest BCUT2D eigenvalue weighted by Gasteiger charge is 2.37. The molecule has 0 aromatic carbocycles. The van der Waals surface area contributed by atoms with Gasteiger partial charge in [-0.25, -0.2) is 0 Å². The molecule has 0 saturated heterocycles. The number of rotatable bonds is 2. The Hall–Kier alpha value is -1.32. The maximum atomic E-state index is 10.8. The Morgan fingerprint density at radius 1 is 1.62 bits per heavy atom. The third-order valence-corrected chi connectivity index (χ3v) is 2.22. The van der Waals surface area contributed by atoms with Crippen molar-refractivity contribution in [1.82, 2.24) is 5.32 Å². The van der Waals surface area contributed by atoms with Gasteiger partial charge in [0.15, 0.2) is 0 Å². The first kappa shape index (κ1) is 9.77. The van der Waals surface area contributed by atoms with E-state index in [1.165, 1.54) is 6.92 Å². The fraction of sp³-hybridized carbons (Fsp3) is 0.556. The first-order valence-electron chi connectivity index (χ1n) is 4.14. The van der Waals surface area contributed by atoms with E-state index in [2.05, 4.69) is 5.32 Å². The largest absolute Gasteiger partial charge is 0.481 e. The van der Waals surface area contributed by atoms with E-state index in [1.807, 2.05) is 0 Å². The van der Waals surface area contributed by atoms with E-state index in [0.717, 1.165) is 0 Å². The zero-order valence-electron chi connectivity index (χ0n) is 7.70. The van der Waals surface area contributed by atoms with Gasteiger partial charge in [0.05, 0.1) is 5.41 Å². The zero-order valence-corrected chi connectivity index (χ0v) is 7.70. The Kier molecular flexibility index (Phi) is 2.40. The Labute approximate surface area is 76.6 Å². The standard InChI is InChI=1S/C9H13NO3/c1-6(11)10-7-3-4-9(2,5-7)8(12)13/h3-4,7H,5H2,1-2H3,(H,10,11)(H,12,13). The van der Waals surface area contributed by atoms with Crippen LogP contribution in [0.5, 0.6) is 0 Å². The minimum absolute atomic E-state index is 0.135. The van der Waals surface area contributed by atoms with E-state index in [-0.39, 0.29) is 11.9 Å².